The van der Waals surface area contributed by atoms with Crippen molar-refractivity contribution in [2.75, 3.05) is 6.61 Å². The highest BCUT2D eigenvalue weighted by Gasteiger charge is 2.38. The molecule has 1 aliphatic carbocycles. The maximum atomic E-state index is 10.00. The number of para-hydroxylation sites is 1. The van der Waals surface area contributed by atoms with Gasteiger partial charge in [0.15, 0.2) is 0 Å². The Morgan fingerprint density at radius 1 is 1.28 bits per heavy atom. The number of ether oxygens (including phenoxy) is 1. The quantitative estimate of drug-likeness (QED) is 0.764. The van der Waals surface area contributed by atoms with Gasteiger partial charge < -0.3 is 9.84 Å². The Hall–Kier alpha value is -1.28. The zero-order chi connectivity index (χ0) is 12.7. The lowest BCUT2D eigenvalue weighted by molar-refractivity contribution is -0.0627. The van der Waals surface area contributed by atoms with Crippen LogP contribution in [0.1, 0.15) is 31.9 Å². The second-order valence-corrected chi connectivity index (χ2v) is 5.68. The van der Waals surface area contributed by atoms with Crippen molar-refractivity contribution in [3.8, 4) is 5.75 Å². The third kappa shape index (κ3) is 1.85. The lowest BCUT2D eigenvalue weighted by atomic mass is 9.71. The predicted octanol–water partition coefficient (Wildman–Crippen LogP) is 3.68. The van der Waals surface area contributed by atoms with Gasteiger partial charge in [0, 0.05) is 11.5 Å². The summed E-state index contributed by atoms with van der Waals surface area (Å²) in [4.78, 5) is 0. The van der Waals surface area contributed by atoms with Crippen molar-refractivity contribution in [2.45, 2.75) is 26.4 Å². The lowest BCUT2D eigenvalue weighted by Gasteiger charge is -2.42. The molecule has 2 bridgehead atoms. The third-order valence-electron chi connectivity index (χ3n) is 4.51. The van der Waals surface area contributed by atoms with E-state index < -0.39 is 0 Å². The molecule has 1 aromatic rings. The summed E-state index contributed by atoms with van der Waals surface area (Å²) in [6.07, 6.45) is 3.59. The number of rotatable bonds is 1. The summed E-state index contributed by atoms with van der Waals surface area (Å²) >= 11 is 0. The van der Waals surface area contributed by atoms with E-state index in [0.717, 1.165) is 12.2 Å². The van der Waals surface area contributed by atoms with Crippen molar-refractivity contribution in [2.24, 2.45) is 17.8 Å². The fraction of sp³-hybridized carbons (Fsp3) is 0.500. The van der Waals surface area contributed by atoms with Gasteiger partial charge in [-0.05, 0) is 31.2 Å². The van der Waals surface area contributed by atoms with Gasteiger partial charge in [0.2, 0.25) is 0 Å². The monoisotopic (exact) mass is 244 g/mol. The molecule has 0 spiro atoms. The first-order valence-corrected chi connectivity index (χ1v) is 6.74. The van der Waals surface area contributed by atoms with Gasteiger partial charge in [-0.2, -0.15) is 0 Å². The smallest absolute Gasteiger partial charge is 0.121 e. The van der Waals surface area contributed by atoms with Crippen LogP contribution >= 0.6 is 0 Å². The van der Waals surface area contributed by atoms with Crippen LogP contribution in [0.25, 0.3) is 0 Å². The summed E-state index contributed by atoms with van der Waals surface area (Å²) in [7, 11) is 0. The molecular formula is C16H20O2. The Morgan fingerprint density at radius 3 is 2.83 bits per heavy atom. The fourth-order valence-electron chi connectivity index (χ4n) is 3.36. The number of benzene rings is 1. The van der Waals surface area contributed by atoms with Gasteiger partial charge in [-0.15, -0.1) is 0 Å². The molecule has 1 N–H and O–H groups in total. The molecule has 1 heterocycles. The molecule has 0 saturated carbocycles. The number of fused-ring (bicyclic) bond motifs is 2. The van der Waals surface area contributed by atoms with Gasteiger partial charge in [0.1, 0.15) is 5.75 Å². The summed E-state index contributed by atoms with van der Waals surface area (Å²) in [5, 5.41) is 10.00. The average Bonchev–Trinajstić information content (AvgIpc) is 2.37. The maximum absolute atomic E-state index is 10.00. The minimum atomic E-state index is 0.0196. The van der Waals surface area contributed by atoms with Crippen LogP contribution in [0.15, 0.2) is 35.9 Å². The second kappa shape index (κ2) is 4.43. The van der Waals surface area contributed by atoms with E-state index in [2.05, 4.69) is 19.9 Å². The molecule has 0 radical (unpaired) electrons. The van der Waals surface area contributed by atoms with Gasteiger partial charge in [0.05, 0.1) is 12.7 Å². The summed E-state index contributed by atoms with van der Waals surface area (Å²) < 4.78 is 6.05. The van der Waals surface area contributed by atoms with Gasteiger partial charge in [-0.3, -0.25) is 0 Å². The maximum Gasteiger partial charge on any atom is 0.121 e. The highest BCUT2D eigenvalue weighted by molar-refractivity contribution is 5.36. The minimum Gasteiger partial charge on any atom is -0.508 e. The van der Waals surface area contributed by atoms with Gasteiger partial charge in [0.25, 0.3) is 0 Å². The first-order valence-electron chi connectivity index (χ1n) is 6.74. The largest absolute Gasteiger partial charge is 0.508 e. The predicted molar refractivity (Wildman–Crippen MR) is 71.3 cm³/mol. The van der Waals surface area contributed by atoms with Crippen LogP contribution in [-0.2, 0) is 4.74 Å². The standard InChI is InChI=1S/C16H20O2/c1-10-7-11(2)14-8-12(10)9-18-16(14)13-5-3-4-6-15(13)17/h3-7,10,12,14,16-17H,8-9H2,1-2H3/t10-,12-,14-,16-/m0/s1. The summed E-state index contributed by atoms with van der Waals surface area (Å²) in [6, 6.07) is 7.55. The Bertz CT molecular complexity index is 478. The molecule has 96 valence electrons. The van der Waals surface area contributed by atoms with Crippen LogP contribution in [0.5, 0.6) is 5.75 Å². The van der Waals surface area contributed by atoms with Crippen LogP contribution in [-0.4, -0.2) is 11.7 Å². The van der Waals surface area contributed by atoms with Crippen molar-refractivity contribution in [3.63, 3.8) is 0 Å². The summed E-state index contributed by atoms with van der Waals surface area (Å²) in [5.74, 6) is 2.04. The highest BCUT2D eigenvalue weighted by Crippen LogP contribution is 2.47. The lowest BCUT2D eigenvalue weighted by Crippen LogP contribution is -2.35. The molecule has 3 rings (SSSR count). The molecule has 2 heteroatoms. The Morgan fingerprint density at radius 2 is 2.06 bits per heavy atom. The van der Waals surface area contributed by atoms with E-state index in [1.54, 1.807) is 6.07 Å². The van der Waals surface area contributed by atoms with E-state index in [-0.39, 0.29) is 6.10 Å². The van der Waals surface area contributed by atoms with Crippen LogP contribution < -0.4 is 0 Å². The molecule has 0 amide bonds. The molecule has 1 fully saturated rings. The number of hydrogen-bond donors (Lipinski definition) is 1. The van der Waals surface area contributed by atoms with Crippen LogP contribution in [0.3, 0.4) is 0 Å². The van der Waals surface area contributed by atoms with Crippen molar-refractivity contribution in [1.82, 2.24) is 0 Å². The molecule has 1 aliphatic heterocycles. The Balaban J connectivity index is 1.96. The van der Waals surface area contributed by atoms with Crippen molar-refractivity contribution < 1.29 is 9.84 Å². The molecule has 2 nitrogen and oxygen atoms in total. The van der Waals surface area contributed by atoms with E-state index in [0.29, 0.717) is 23.5 Å². The first kappa shape index (κ1) is 11.8. The van der Waals surface area contributed by atoms with Crippen LogP contribution in [0.4, 0.5) is 0 Å². The summed E-state index contributed by atoms with van der Waals surface area (Å²) in [5.41, 5.74) is 2.34. The van der Waals surface area contributed by atoms with Crippen molar-refractivity contribution in [1.29, 1.82) is 0 Å². The minimum absolute atomic E-state index is 0.0196. The molecule has 1 aromatic carbocycles. The average molecular weight is 244 g/mol. The van der Waals surface area contributed by atoms with E-state index in [4.69, 9.17) is 4.74 Å². The SMILES string of the molecule is CC1=C[C@H](C)[C@@H]2CO[C@@H](c3ccccc3O)[C@H]1C2. The van der Waals surface area contributed by atoms with Gasteiger partial charge in [-0.1, -0.05) is 36.8 Å². The van der Waals surface area contributed by atoms with E-state index >= 15 is 0 Å². The number of allylic oxidation sites excluding steroid dienone is 1. The topological polar surface area (TPSA) is 29.5 Å². The van der Waals surface area contributed by atoms with Crippen LogP contribution in [0, 0.1) is 17.8 Å². The first-order chi connectivity index (χ1) is 8.66. The number of aromatic hydroxyl groups is 1. The number of hydrogen-bond acceptors (Lipinski definition) is 2. The van der Waals surface area contributed by atoms with Gasteiger partial charge in [-0.25, -0.2) is 0 Å². The summed E-state index contributed by atoms with van der Waals surface area (Å²) in [6.45, 7) is 5.27. The third-order valence-corrected chi connectivity index (χ3v) is 4.51. The van der Waals surface area contributed by atoms with E-state index in [9.17, 15) is 5.11 Å². The molecule has 4 atom stereocenters. The van der Waals surface area contributed by atoms with Crippen molar-refractivity contribution >= 4 is 0 Å². The van der Waals surface area contributed by atoms with Crippen molar-refractivity contribution in [3.05, 3.63) is 41.5 Å². The number of phenols is 1. The molecule has 0 unspecified atom stereocenters. The molecule has 1 saturated heterocycles. The normalized spacial score (nSPS) is 35.1. The second-order valence-electron chi connectivity index (χ2n) is 5.68. The Labute approximate surface area is 108 Å². The molecule has 2 aliphatic rings. The molecule has 18 heavy (non-hydrogen) atoms. The zero-order valence-corrected chi connectivity index (χ0v) is 11.0. The highest BCUT2D eigenvalue weighted by atomic mass is 16.5. The van der Waals surface area contributed by atoms with E-state index in [1.807, 2.05) is 18.2 Å². The molecule has 0 aromatic heterocycles. The van der Waals surface area contributed by atoms with Crippen LogP contribution in [0.2, 0.25) is 0 Å². The Kier molecular flexibility index (Phi) is 2.90. The zero-order valence-electron chi connectivity index (χ0n) is 11.0. The van der Waals surface area contributed by atoms with E-state index in [1.165, 1.54) is 12.0 Å². The van der Waals surface area contributed by atoms with Gasteiger partial charge >= 0.3 is 0 Å². The molecular weight excluding hydrogens is 224 g/mol. The fourth-order valence-corrected chi connectivity index (χ4v) is 3.36. The number of phenolic OH excluding ortho intramolecular Hbond substituents is 1.